The number of halogens is 1. The van der Waals surface area contributed by atoms with Crippen molar-refractivity contribution in [1.29, 1.82) is 0 Å². The third-order valence-corrected chi connectivity index (χ3v) is 3.10. The molecule has 0 aliphatic heterocycles. The number of benzene rings is 1. The number of carbonyl (C=O) groups excluding carboxylic acids is 2. The highest BCUT2D eigenvalue weighted by Crippen LogP contribution is 2.26. The number of rotatable bonds is 6. The summed E-state index contributed by atoms with van der Waals surface area (Å²) in [5.74, 6) is -1.48. The summed E-state index contributed by atoms with van der Waals surface area (Å²) in [5.41, 5.74) is -0.0500. The van der Waals surface area contributed by atoms with Gasteiger partial charge in [0.25, 0.3) is 5.91 Å². The summed E-state index contributed by atoms with van der Waals surface area (Å²) in [6, 6.07) is 6.07. The second kappa shape index (κ2) is 8.08. The fraction of sp³-hybridized carbons (Fsp3) is 0.474. The molecule has 0 atom stereocenters. The van der Waals surface area contributed by atoms with Crippen molar-refractivity contribution in [1.82, 2.24) is 5.32 Å². The smallest absolute Gasteiger partial charge is 0.331 e. The van der Waals surface area contributed by atoms with Crippen molar-refractivity contribution in [2.24, 2.45) is 5.41 Å². The first-order valence-corrected chi connectivity index (χ1v) is 7.89. The van der Waals surface area contributed by atoms with Crippen molar-refractivity contribution in [3.05, 3.63) is 41.7 Å². The standard InChI is InChI=1S/C19H26FNO3/c1-18(2,3)13-19(4,5)21-16(22)12-24-17(23)11-10-14-8-6-7-9-15(14)20/h6-11H,12-13H2,1-5H3,(H,21,22)/b11-10+. The van der Waals surface area contributed by atoms with Crippen LogP contribution < -0.4 is 5.32 Å². The highest BCUT2D eigenvalue weighted by Gasteiger charge is 2.27. The lowest BCUT2D eigenvalue weighted by Gasteiger charge is -2.33. The molecule has 132 valence electrons. The van der Waals surface area contributed by atoms with Crippen molar-refractivity contribution >= 4 is 18.0 Å². The van der Waals surface area contributed by atoms with E-state index >= 15 is 0 Å². The van der Waals surface area contributed by atoms with Gasteiger partial charge in [-0.25, -0.2) is 9.18 Å². The first kappa shape index (κ1) is 19.9. The molecule has 0 fully saturated rings. The van der Waals surface area contributed by atoms with Crippen LogP contribution in [0.5, 0.6) is 0 Å². The van der Waals surface area contributed by atoms with Gasteiger partial charge in [-0.1, -0.05) is 39.0 Å². The van der Waals surface area contributed by atoms with Gasteiger partial charge in [-0.3, -0.25) is 4.79 Å². The SMILES string of the molecule is CC(C)(C)CC(C)(C)NC(=O)COC(=O)/C=C/c1ccccc1F. The predicted octanol–water partition coefficient (Wildman–Crippen LogP) is 3.71. The molecular weight excluding hydrogens is 309 g/mol. The number of hydrogen-bond acceptors (Lipinski definition) is 3. The Bertz CT molecular complexity index is 615. The lowest BCUT2D eigenvalue weighted by Crippen LogP contribution is -2.47. The molecule has 1 aromatic rings. The second-order valence-electron chi connectivity index (χ2n) is 7.63. The quantitative estimate of drug-likeness (QED) is 0.637. The summed E-state index contributed by atoms with van der Waals surface area (Å²) in [7, 11) is 0. The largest absolute Gasteiger partial charge is 0.452 e. The monoisotopic (exact) mass is 335 g/mol. The van der Waals surface area contributed by atoms with Crippen molar-refractivity contribution in [2.75, 3.05) is 6.61 Å². The van der Waals surface area contributed by atoms with Crippen molar-refractivity contribution < 1.29 is 18.7 Å². The third kappa shape index (κ3) is 7.90. The van der Waals surface area contributed by atoms with Gasteiger partial charge in [0.2, 0.25) is 0 Å². The van der Waals surface area contributed by atoms with Crippen LogP contribution in [0.2, 0.25) is 0 Å². The Balaban J connectivity index is 2.47. The number of nitrogens with one attached hydrogen (secondary N) is 1. The lowest BCUT2D eigenvalue weighted by atomic mass is 9.82. The van der Waals surface area contributed by atoms with E-state index in [1.165, 1.54) is 12.1 Å². The molecule has 5 heteroatoms. The minimum absolute atomic E-state index is 0.0654. The van der Waals surface area contributed by atoms with E-state index in [-0.39, 0.29) is 23.5 Å². The Kier molecular flexibility index (Phi) is 6.70. The average molecular weight is 335 g/mol. The highest BCUT2D eigenvalue weighted by atomic mass is 19.1. The van der Waals surface area contributed by atoms with Crippen LogP contribution in [-0.2, 0) is 14.3 Å². The number of ether oxygens (including phenoxy) is 1. The highest BCUT2D eigenvalue weighted by molar-refractivity contribution is 5.89. The molecule has 0 saturated heterocycles. The van der Waals surface area contributed by atoms with Gasteiger partial charge in [0.05, 0.1) is 0 Å². The van der Waals surface area contributed by atoms with Crippen LogP contribution in [0.25, 0.3) is 6.08 Å². The molecule has 0 aromatic heterocycles. The summed E-state index contributed by atoms with van der Waals surface area (Å²) in [6.45, 7) is 9.76. The van der Waals surface area contributed by atoms with E-state index in [4.69, 9.17) is 4.74 Å². The Labute approximate surface area is 143 Å². The number of hydrogen-bond donors (Lipinski definition) is 1. The van der Waals surface area contributed by atoms with Gasteiger partial charge < -0.3 is 10.1 Å². The van der Waals surface area contributed by atoms with Crippen LogP contribution in [0.1, 0.15) is 46.6 Å². The maximum Gasteiger partial charge on any atom is 0.331 e. The zero-order valence-electron chi connectivity index (χ0n) is 15.0. The van der Waals surface area contributed by atoms with Crippen LogP contribution in [0.3, 0.4) is 0 Å². The summed E-state index contributed by atoms with van der Waals surface area (Å²) >= 11 is 0. The van der Waals surface area contributed by atoms with Crippen LogP contribution in [0.4, 0.5) is 4.39 Å². The number of carbonyl (C=O) groups is 2. The molecule has 0 unspecified atom stereocenters. The lowest BCUT2D eigenvalue weighted by molar-refractivity contribution is -0.144. The minimum Gasteiger partial charge on any atom is -0.452 e. The molecular formula is C19H26FNO3. The first-order valence-electron chi connectivity index (χ1n) is 7.89. The Morgan fingerprint density at radius 2 is 1.79 bits per heavy atom. The predicted molar refractivity (Wildman–Crippen MR) is 92.7 cm³/mol. The molecule has 4 nitrogen and oxygen atoms in total. The van der Waals surface area contributed by atoms with Gasteiger partial charge in [0.1, 0.15) is 5.82 Å². The van der Waals surface area contributed by atoms with Gasteiger partial charge in [-0.05, 0) is 37.8 Å². The number of amides is 1. The van der Waals surface area contributed by atoms with Gasteiger partial charge in [0, 0.05) is 17.2 Å². The molecule has 0 radical (unpaired) electrons. The molecule has 1 aromatic carbocycles. The van der Waals surface area contributed by atoms with Crippen molar-refractivity contribution in [2.45, 2.75) is 46.6 Å². The third-order valence-electron chi connectivity index (χ3n) is 3.10. The molecule has 24 heavy (non-hydrogen) atoms. The Morgan fingerprint density at radius 1 is 1.17 bits per heavy atom. The zero-order valence-corrected chi connectivity index (χ0v) is 15.0. The molecule has 0 aliphatic carbocycles. The van der Waals surface area contributed by atoms with E-state index < -0.39 is 17.3 Å². The van der Waals surface area contributed by atoms with Gasteiger partial charge >= 0.3 is 5.97 Å². The maximum absolute atomic E-state index is 13.4. The van der Waals surface area contributed by atoms with Crippen LogP contribution in [0, 0.1) is 11.2 Å². The van der Waals surface area contributed by atoms with Crippen molar-refractivity contribution in [3.8, 4) is 0 Å². The maximum atomic E-state index is 13.4. The molecule has 0 heterocycles. The molecule has 0 aliphatic rings. The topological polar surface area (TPSA) is 55.4 Å². The Hall–Kier alpha value is -2.17. The molecule has 0 saturated carbocycles. The van der Waals surface area contributed by atoms with E-state index in [1.807, 2.05) is 13.8 Å². The minimum atomic E-state index is -0.693. The van der Waals surface area contributed by atoms with Gasteiger partial charge in [-0.2, -0.15) is 0 Å². The van der Waals surface area contributed by atoms with Crippen LogP contribution >= 0.6 is 0 Å². The second-order valence-corrected chi connectivity index (χ2v) is 7.63. The van der Waals surface area contributed by atoms with E-state index in [2.05, 4.69) is 26.1 Å². The summed E-state index contributed by atoms with van der Waals surface area (Å²) in [5, 5.41) is 2.85. The van der Waals surface area contributed by atoms with E-state index in [1.54, 1.807) is 18.2 Å². The Morgan fingerprint density at radius 3 is 2.38 bits per heavy atom. The first-order chi connectivity index (χ1) is 11.0. The van der Waals surface area contributed by atoms with E-state index in [0.717, 1.165) is 12.5 Å². The summed E-state index contributed by atoms with van der Waals surface area (Å²) in [4.78, 5) is 23.5. The van der Waals surface area contributed by atoms with Gasteiger partial charge in [0.15, 0.2) is 6.61 Å². The summed E-state index contributed by atoms with van der Waals surface area (Å²) in [6.07, 6.45) is 3.21. The zero-order chi connectivity index (χ0) is 18.4. The van der Waals surface area contributed by atoms with E-state index in [9.17, 15) is 14.0 Å². The normalized spacial score (nSPS) is 12.2. The average Bonchev–Trinajstić information content (AvgIpc) is 2.41. The molecule has 1 amide bonds. The fourth-order valence-corrected chi connectivity index (χ4v) is 2.74. The molecule has 0 bridgehead atoms. The molecule has 1 N–H and O–H groups in total. The van der Waals surface area contributed by atoms with Crippen LogP contribution in [-0.4, -0.2) is 24.0 Å². The van der Waals surface area contributed by atoms with E-state index in [0.29, 0.717) is 0 Å². The molecule has 1 rings (SSSR count). The van der Waals surface area contributed by atoms with Gasteiger partial charge in [-0.15, -0.1) is 0 Å². The van der Waals surface area contributed by atoms with Crippen LogP contribution in [0.15, 0.2) is 30.3 Å². The van der Waals surface area contributed by atoms with Crippen molar-refractivity contribution in [3.63, 3.8) is 0 Å². The number of esters is 1. The molecule has 0 spiro atoms. The fourth-order valence-electron chi connectivity index (χ4n) is 2.74. The summed E-state index contributed by atoms with van der Waals surface area (Å²) < 4.78 is 18.3.